The van der Waals surface area contributed by atoms with E-state index in [4.69, 9.17) is 0 Å². The molecule has 0 bridgehead atoms. The quantitative estimate of drug-likeness (QED) is 0.888. The topological polar surface area (TPSA) is 39.6 Å². The highest BCUT2D eigenvalue weighted by molar-refractivity contribution is 5.45. The molecule has 1 N–H and O–H groups in total. The Balaban J connectivity index is 1.37. The molecule has 1 aromatic heterocycles. The van der Waals surface area contributed by atoms with Crippen LogP contribution < -0.4 is 0 Å². The third-order valence-corrected chi connectivity index (χ3v) is 7.37. The molecule has 2 saturated heterocycles. The number of nitrogens with zero attached hydrogens (tertiary/aromatic N) is 3. The van der Waals surface area contributed by atoms with Crippen molar-refractivity contribution in [3.05, 3.63) is 65.5 Å². The maximum atomic E-state index is 11.6. The van der Waals surface area contributed by atoms with Crippen LogP contribution in [0.3, 0.4) is 0 Å². The molecule has 0 saturated carbocycles. The molecule has 28 heavy (non-hydrogen) atoms. The summed E-state index contributed by atoms with van der Waals surface area (Å²) in [6, 6.07) is 13.3. The molecular formula is C24H31N3O. The first kappa shape index (κ1) is 18.3. The second-order valence-corrected chi connectivity index (χ2v) is 8.86. The Morgan fingerprint density at radius 2 is 1.64 bits per heavy atom. The Hall–Kier alpha value is -1.75. The molecule has 1 aliphatic carbocycles. The molecule has 0 radical (unpaired) electrons. The number of benzene rings is 1. The van der Waals surface area contributed by atoms with Gasteiger partial charge in [0.05, 0.1) is 12.1 Å². The average Bonchev–Trinajstić information content (AvgIpc) is 2.99. The molecule has 148 valence electrons. The lowest BCUT2D eigenvalue weighted by Gasteiger charge is -2.44. The summed E-state index contributed by atoms with van der Waals surface area (Å²) in [6.07, 6.45) is 9.40. The molecule has 2 atom stereocenters. The molecule has 2 aromatic rings. The van der Waals surface area contributed by atoms with Gasteiger partial charge >= 0.3 is 0 Å². The van der Waals surface area contributed by atoms with Crippen molar-refractivity contribution < 1.29 is 5.11 Å². The van der Waals surface area contributed by atoms with Gasteiger partial charge in [-0.2, -0.15) is 0 Å². The number of hydrogen-bond donors (Lipinski definition) is 1. The molecule has 2 aliphatic heterocycles. The molecular weight excluding hydrogens is 346 g/mol. The first-order valence-electron chi connectivity index (χ1n) is 10.9. The number of likely N-dealkylation sites (tertiary alicyclic amines) is 2. The van der Waals surface area contributed by atoms with Crippen molar-refractivity contribution >= 4 is 0 Å². The van der Waals surface area contributed by atoms with Crippen molar-refractivity contribution in [2.45, 2.75) is 56.2 Å². The summed E-state index contributed by atoms with van der Waals surface area (Å²) in [5, 5.41) is 11.6. The Morgan fingerprint density at radius 3 is 2.39 bits per heavy atom. The van der Waals surface area contributed by atoms with E-state index in [1.807, 2.05) is 12.4 Å². The number of aliphatic hydroxyl groups excluding tert-OH is 1. The Bertz CT molecular complexity index is 795. The van der Waals surface area contributed by atoms with Crippen LogP contribution in [0.5, 0.6) is 0 Å². The third-order valence-electron chi connectivity index (χ3n) is 7.37. The summed E-state index contributed by atoms with van der Waals surface area (Å²) in [7, 11) is 0. The number of aromatic nitrogens is 1. The van der Waals surface area contributed by atoms with Crippen LogP contribution in [-0.4, -0.2) is 52.2 Å². The standard InChI is InChI=1S/C24H31N3O/c28-23-22(27-14-4-1-5-15-27)20-6-2-3-7-21(20)24(23)10-16-26(17-11-24)18-19-8-12-25-13-9-19/h2-3,6-9,12-13,22-23,28H,1,4-5,10-11,14-18H2/t22-,23+/m0/s1. The van der Waals surface area contributed by atoms with Crippen LogP contribution in [-0.2, 0) is 12.0 Å². The van der Waals surface area contributed by atoms with E-state index < -0.39 is 0 Å². The van der Waals surface area contributed by atoms with E-state index in [1.54, 1.807) is 0 Å². The molecule has 1 aromatic carbocycles. The van der Waals surface area contributed by atoms with Crippen LogP contribution in [0.1, 0.15) is 54.8 Å². The molecule has 0 unspecified atom stereocenters. The summed E-state index contributed by atoms with van der Waals surface area (Å²) in [5.74, 6) is 0. The zero-order chi connectivity index (χ0) is 19.0. The fourth-order valence-corrected chi connectivity index (χ4v) is 5.85. The van der Waals surface area contributed by atoms with Crippen LogP contribution in [0.15, 0.2) is 48.8 Å². The fraction of sp³-hybridized carbons (Fsp3) is 0.542. The van der Waals surface area contributed by atoms with Gasteiger partial charge in [-0.25, -0.2) is 0 Å². The largest absolute Gasteiger partial charge is 0.390 e. The minimum atomic E-state index is -0.286. The van der Waals surface area contributed by atoms with Crippen molar-refractivity contribution in [1.82, 2.24) is 14.8 Å². The summed E-state index contributed by atoms with van der Waals surface area (Å²) >= 11 is 0. The molecule has 1 spiro atoms. The smallest absolute Gasteiger partial charge is 0.0834 e. The van der Waals surface area contributed by atoms with E-state index >= 15 is 0 Å². The first-order valence-corrected chi connectivity index (χ1v) is 10.9. The van der Waals surface area contributed by atoms with Gasteiger partial charge in [-0.05, 0) is 80.7 Å². The summed E-state index contributed by atoms with van der Waals surface area (Å²) in [6.45, 7) is 5.31. The maximum absolute atomic E-state index is 11.6. The van der Waals surface area contributed by atoms with Crippen LogP contribution in [0.2, 0.25) is 0 Å². The van der Waals surface area contributed by atoms with Crippen molar-refractivity contribution in [3.8, 4) is 0 Å². The van der Waals surface area contributed by atoms with Gasteiger partial charge in [-0.15, -0.1) is 0 Å². The second kappa shape index (κ2) is 7.58. The highest BCUT2D eigenvalue weighted by Crippen LogP contribution is 2.53. The van der Waals surface area contributed by atoms with Crippen LogP contribution in [0.4, 0.5) is 0 Å². The van der Waals surface area contributed by atoms with Crippen molar-refractivity contribution in [2.24, 2.45) is 0 Å². The van der Waals surface area contributed by atoms with Crippen LogP contribution >= 0.6 is 0 Å². The summed E-state index contributed by atoms with van der Waals surface area (Å²) < 4.78 is 0. The zero-order valence-electron chi connectivity index (χ0n) is 16.6. The SMILES string of the molecule is O[C@@H]1[C@@H](N2CCCCC2)c2ccccc2C12CCN(Cc1ccncc1)CC2. The highest BCUT2D eigenvalue weighted by atomic mass is 16.3. The number of piperidine rings is 2. The van der Waals surface area contributed by atoms with E-state index in [9.17, 15) is 5.11 Å². The van der Waals surface area contributed by atoms with Gasteiger partial charge < -0.3 is 5.11 Å². The van der Waals surface area contributed by atoms with Gasteiger partial charge in [0, 0.05) is 24.4 Å². The number of fused-ring (bicyclic) bond motifs is 2. The molecule has 2 fully saturated rings. The first-order chi connectivity index (χ1) is 13.8. The summed E-state index contributed by atoms with van der Waals surface area (Å²) in [5.41, 5.74) is 4.05. The number of pyridine rings is 1. The Kier molecular flexibility index (Phi) is 4.95. The van der Waals surface area contributed by atoms with E-state index in [2.05, 4.69) is 51.2 Å². The van der Waals surface area contributed by atoms with Gasteiger partial charge in [-0.1, -0.05) is 30.7 Å². The Labute approximate surface area is 168 Å². The van der Waals surface area contributed by atoms with E-state index in [-0.39, 0.29) is 17.6 Å². The molecule has 5 rings (SSSR count). The van der Waals surface area contributed by atoms with Crippen molar-refractivity contribution in [1.29, 1.82) is 0 Å². The van der Waals surface area contributed by atoms with Crippen LogP contribution in [0, 0.1) is 0 Å². The summed E-state index contributed by atoms with van der Waals surface area (Å²) in [4.78, 5) is 9.22. The van der Waals surface area contributed by atoms with E-state index in [1.165, 1.54) is 36.0 Å². The minimum absolute atomic E-state index is 0.0759. The normalized spacial score (nSPS) is 27.8. The van der Waals surface area contributed by atoms with E-state index in [0.717, 1.165) is 45.6 Å². The van der Waals surface area contributed by atoms with E-state index in [0.29, 0.717) is 0 Å². The lowest BCUT2D eigenvalue weighted by Crippen LogP contribution is -2.50. The minimum Gasteiger partial charge on any atom is -0.390 e. The molecule has 4 heteroatoms. The predicted molar refractivity (Wildman–Crippen MR) is 111 cm³/mol. The number of hydrogen-bond acceptors (Lipinski definition) is 4. The Morgan fingerprint density at radius 1 is 0.929 bits per heavy atom. The predicted octanol–water partition coefficient (Wildman–Crippen LogP) is 3.52. The number of aliphatic hydroxyl groups is 1. The molecule has 3 aliphatic rings. The highest BCUT2D eigenvalue weighted by Gasteiger charge is 2.53. The third kappa shape index (κ3) is 3.08. The second-order valence-electron chi connectivity index (χ2n) is 8.86. The van der Waals surface area contributed by atoms with Gasteiger partial charge in [-0.3, -0.25) is 14.8 Å². The molecule has 0 amide bonds. The number of rotatable bonds is 3. The molecule has 3 heterocycles. The van der Waals surface area contributed by atoms with Gasteiger partial charge in [0.1, 0.15) is 0 Å². The monoisotopic (exact) mass is 377 g/mol. The van der Waals surface area contributed by atoms with Crippen LogP contribution in [0.25, 0.3) is 0 Å². The van der Waals surface area contributed by atoms with Crippen molar-refractivity contribution in [3.63, 3.8) is 0 Å². The van der Waals surface area contributed by atoms with Crippen molar-refractivity contribution in [2.75, 3.05) is 26.2 Å². The fourth-order valence-electron chi connectivity index (χ4n) is 5.85. The van der Waals surface area contributed by atoms with Gasteiger partial charge in [0.25, 0.3) is 0 Å². The van der Waals surface area contributed by atoms with Gasteiger partial charge in [0.15, 0.2) is 0 Å². The zero-order valence-corrected chi connectivity index (χ0v) is 16.6. The lowest BCUT2D eigenvalue weighted by atomic mass is 9.72. The lowest BCUT2D eigenvalue weighted by molar-refractivity contribution is -0.0211. The van der Waals surface area contributed by atoms with Gasteiger partial charge in [0.2, 0.25) is 0 Å². The average molecular weight is 378 g/mol. The molecule has 4 nitrogen and oxygen atoms in total. The maximum Gasteiger partial charge on any atom is 0.0834 e.